The van der Waals surface area contributed by atoms with E-state index in [4.69, 9.17) is 0 Å². The van der Waals surface area contributed by atoms with Crippen molar-refractivity contribution in [2.75, 3.05) is 0 Å². The Morgan fingerprint density at radius 2 is 0.644 bits per heavy atom. The molecule has 0 spiro atoms. The van der Waals surface area contributed by atoms with Crippen LogP contribution in [-0.2, 0) is 20.6 Å². The lowest BCUT2D eigenvalue weighted by molar-refractivity contribution is 0.314. The zero-order chi connectivity index (χ0) is 52.3. The van der Waals surface area contributed by atoms with E-state index >= 15 is 0 Å². The van der Waals surface area contributed by atoms with E-state index in [9.17, 15) is 0 Å². The SMILES string of the molecule is C1=CC2(c3ccccc3)CCC1(c1ccccc1)P2.CC1(C)CC(C)(C)P1.CC12C=CC(C)(CC1)P2.CC12CCC(C)(CC1)P2.CC1C(C)(C)PC1(C)C.c1ccc(C23CCC(c4ccccc4)(CC2)P3)cc1. The highest BCUT2D eigenvalue weighted by Gasteiger charge is 2.56. The van der Waals surface area contributed by atoms with Crippen molar-refractivity contribution < 1.29 is 0 Å². The summed E-state index contributed by atoms with van der Waals surface area (Å²) in [6.07, 6.45) is 28.3. The maximum absolute atomic E-state index is 2.48. The van der Waals surface area contributed by atoms with Gasteiger partial charge in [-0.1, -0.05) is 253 Å². The Labute approximate surface area is 457 Å². The molecule has 0 nitrogen and oxygen atoms in total. The largest absolute Gasteiger partial charge is 0.110 e. The number of fused-ring (bicyclic) bond motifs is 8. The van der Waals surface area contributed by atoms with Crippen molar-refractivity contribution in [2.45, 2.75) is 235 Å². The van der Waals surface area contributed by atoms with Crippen LogP contribution >= 0.6 is 51.5 Å². The molecule has 4 atom stereocenters. The molecule has 0 amide bonds. The summed E-state index contributed by atoms with van der Waals surface area (Å²) < 4.78 is 0. The van der Waals surface area contributed by atoms with Crippen molar-refractivity contribution in [3.63, 3.8) is 0 Å². The second-order valence-corrected chi connectivity index (χ2v) is 43.2. The van der Waals surface area contributed by atoms with Gasteiger partial charge in [-0.05, 0) is 143 Å². The van der Waals surface area contributed by atoms with Crippen LogP contribution in [0, 0.1) is 5.92 Å². The fraction of sp³-hybridized carbons (Fsp3) is 0.582. The lowest BCUT2D eigenvalue weighted by atomic mass is 9.76. The molecule has 8 saturated heterocycles. The van der Waals surface area contributed by atoms with Gasteiger partial charge in [-0.3, -0.25) is 0 Å². The summed E-state index contributed by atoms with van der Waals surface area (Å²) in [4.78, 5) is 0. The molecule has 0 saturated carbocycles. The molecule has 10 aliphatic heterocycles. The van der Waals surface area contributed by atoms with Gasteiger partial charge in [0.25, 0.3) is 0 Å². The van der Waals surface area contributed by atoms with Gasteiger partial charge in [-0.2, -0.15) is 0 Å². The fourth-order valence-corrected chi connectivity index (χ4v) is 30.3. The zero-order valence-corrected chi connectivity index (χ0v) is 53.6. The van der Waals surface area contributed by atoms with Gasteiger partial charge in [0.05, 0.1) is 0 Å². The Balaban J connectivity index is 0.000000113. The molecule has 10 aliphatic rings. The fourth-order valence-electron chi connectivity index (χ4n) is 15.7. The van der Waals surface area contributed by atoms with Crippen molar-refractivity contribution >= 4 is 51.5 Å². The first-order valence-corrected chi connectivity index (χ1v) is 34.6. The minimum absolute atomic E-state index is 0.317. The van der Waals surface area contributed by atoms with Gasteiger partial charge >= 0.3 is 0 Å². The van der Waals surface area contributed by atoms with Crippen LogP contribution in [-0.4, -0.2) is 41.2 Å². The van der Waals surface area contributed by atoms with Gasteiger partial charge in [-0.15, -0.1) is 34.3 Å². The minimum Gasteiger partial charge on any atom is -0.110 e. The van der Waals surface area contributed by atoms with Gasteiger partial charge in [0.1, 0.15) is 0 Å². The first-order chi connectivity index (χ1) is 34.2. The smallest absolute Gasteiger partial charge is 0.0316 e. The summed E-state index contributed by atoms with van der Waals surface area (Å²) in [6.45, 7) is 31.0. The zero-order valence-electron chi connectivity index (χ0n) is 47.6. The summed E-state index contributed by atoms with van der Waals surface area (Å²) in [5, 5.41) is 7.12. The van der Waals surface area contributed by atoms with E-state index in [-0.39, 0.29) is 0 Å². The van der Waals surface area contributed by atoms with Crippen LogP contribution in [0.3, 0.4) is 0 Å². The first kappa shape index (κ1) is 56.7. The Hall–Kier alpha value is -1.06. The lowest BCUT2D eigenvalue weighted by Gasteiger charge is -2.56. The van der Waals surface area contributed by atoms with E-state index in [1.807, 2.05) is 0 Å². The molecular formula is C67H96P6. The van der Waals surface area contributed by atoms with Crippen LogP contribution in [0.15, 0.2) is 146 Å². The van der Waals surface area contributed by atoms with Gasteiger partial charge in [0, 0.05) is 30.9 Å². The van der Waals surface area contributed by atoms with E-state index < -0.39 is 0 Å². The Kier molecular flexibility index (Phi) is 16.2. The Bertz CT molecular complexity index is 2370. The maximum atomic E-state index is 2.48. The molecular weight excluding hydrogens is 991 g/mol. The molecule has 73 heavy (non-hydrogen) atoms. The molecule has 0 N–H and O–H groups in total. The van der Waals surface area contributed by atoms with E-state index in [1.165, 1.54) is 112 Å². The molecule has 8 fully saturated rings. The minimum atomic E-state index is 0.317. The predicted octanol–water partition coefficient (Wildman–Crippen LogP) is 20.7. The Morgan fingerprint density at radius 1 is 0.315 bits per heavy atom. The average molecular weight is 1090 g/mol. The first-order valence-electron chi connectivity index (χ1n) is 28.6. The molecule has 14 rings (SSSR count). The van der Waals surface area contributed by atoms with Crippen LogP contribution in [0.4, 0.5) is 0 Å². The van der Waals surface area contributed by atoms with E-state index in [0.717, 1.165) is 50.6 Å². The molecule has 4 aromatic rings. The van der Waals surface area contributed by atoms with Crippen LogP contribution < -0.4 is 0 Å². The number of hydrogen-bond acceptors (Lipinski definition) is 0. The summed E-state index contributed by atoms with van der Waals surface area (Å²) in [5.74, 6) is 0.906. The molecule has 0 aliphatic carbocycles. The third-order valence-electron chi connectivity index (χ3n) is 19.7. The molecule has 394 valence electrons. The molecule has 0 radical (unpaired) electrons. The molecule has 8 bridgehead atoms. The van der Waals surface area contributed by atoms with Gasteiger partial charge in [0.2, 0.25) is 0 Å². The molecule has 0 aromatic heterocycles. The summed E-state index contributed by atoms with van der Waals surface area (Å²) in [7, 11) is 6.78. The second-order valence-electron chi connectivity index (χ2n) is 28.1. The Morgan fingerprint density at radius 3 is 0.836 bits per heavy atom. The molecule has 6 heteroatoms. The van der Waals surface area contributed by atoms with E-state index in [0.29, 0.717) is 51.6 Å². The third-order valence-corrected chi connectivity index (χ3v) is 32.5. The molecule has 4 unspecified atom stereocenters. The van der Waals surface area contributed by atoms with Gasteiger partial charge in [0.15, 0.2) is 0 Å². The number of hydrogen-bond donors (Lipinski definition) is 0. The van der Waals surface area contributed by atoms with Crippen molar-refractivity contribution in [3.8, 4) is 0 Å². The summed E-state index contributed by atoms with van der Waals surface area (Å²) >= 11 is 0. The van der Waals surface area contributed by atoms with Crippen LogP contribution in [0.2, 0.25) is 0 Å². The topological polar surface area (TPSA) is 0 Å². The molecule has 10 heterocycles. The van der Waals surface area contributed by atoms with Crippen LogP contribution in [0.1, 0.15) is 196 Å². The quantitative estimate of drug-likeness (QED) is 0.141. The van der Waals surface area contributed by atoms with Crippen molar-refractivity contribution in [2.24, 2.45) is 5.92 Å². The van der Waals surface area contributed by atoms with Crippen molar-refractivity contribution in [1.82, 2.24) is 0 Å². The van der Waals surface area contributed by atoms with Gasteiger partial charge in [-0.25, -0.2) is 0 Å². The highest BCUT2D eigenvalue weighted by molar-refractivity contribution is 7.45. The molecule has 4 aromatic carbocycles. The highest BCUT2D eigenvalue weighted by atomic mass is 31.1. The highest BCUT2D eigenvalue weighted by Crippen LogP contribution is 2.75. The third kappa shape index (κ3) is 12.4. The van der Waals surface area contributed by atoms with Crippen LogP contribution in [0.25, 0.3) is 0 Å². The van der Waals surface area contributed by atoms with Crippen LogP contribution in [0.5, 0.6) is 0 Å². The normalized spacial score (nSPS) is 40.3. The predicted molar refractivity (Wildman–Crippen MR) is 340 cm³/mol. The summed E-state index contributed by atoms with van der Waals surface area (Å²) in [6, 6.07) is 44.6. The number of allylic oxidation sites excluding steroid dienone is 4. The maximum Gasteiger partial charge on any atom is 0.0316 e. The van der Waals surface area contributed by atoms with Crippen molar-refractivity contribution in [3.05, 3.63) is 168 Å². The number of rotatable bonds is 4. The number of benzene rings is 4. The lowest BCUT2D eigenvalue weighted by Crippen LogP contribution is -2.50. The monoisotopic (exact) mass is 1090 g/mol. The van der Waals surface area contributed by atoms with Gasteiger partial charge < -0.3 is 0 Å². The standard InChI is InChI=1S/C18H19P.C18H17P.C8H15P.C8H13P.C8H17P.C7H15P/c2*1-3-7-15(8-4-1)17-11-13-18(19-17,14-12-17)16-9-5-2-6-10-16;2*1-7-3-5-8(2,9-7)6-4-7;1-6-7(2,3)9-8(6,4)5;1-6(2)5-7(3,4)8-6/h1-10,19H,11-14H2;1-11,13,19H,12,14H2;9H,3-6H2,1-2H3;3,5,9H,4,6H2,1-2H3;6,9H,1-5H3;8H,5H2,1-4H3. The van der Waals surface area contributed by atoms with Crippen molar-refractivity contribution in [1.29, 1.82) is 0 Å². The van der Waals surface area contributed by atoms with E-state index in [2.05, 4.69) is 236 Å². The average Bonchev–Trinajstić information content (AvgIpc) is 4.26. The second kappa shape index (κ2) is 20.9. The van der Waals surface area contributed by atoms with E-state index in [1.54, 1.807) is 11.1 Å². The summed E-state index contributed by atoms with van der Waals surface area (Å²) in [5.41, 5.74) is 6.17.